The zero-order valence-corrected chi connectivity index (χ0v) is 15.1. The smallest absolute Gasteiger partial charge is 0.410 e. The Labute approximate surface area is 135 Å². The zero-order valence-electron chi connectivity index (χ0n) is 15.1. The maximum atomic E-state index is 12.6. The molecular formula is C17H31N3O2. The minimum Gasteiger partial charge on any atom is -0.444 e. The van der Waals surface area contributed by atoms with E-state index in [1.54, 1.807) is 4.90 Å². The fourth-order valence-corrected chi connectivity index (χ4v) is 3.40. The minimum atomic E-state index is -0.528. The first kappa shape index (κ1) is 18.8. The number of amides is 1. The van der Waals surface area contributed by atoms with E-state index in [1.807, 2.05) is 20.8 Å². The quantitative estimate of drug-likeness (QED) is 0.867. The van der Waals surface area contributed by atoms with Crippen molar-refractivity contribution in [1.82, 2.24) is 10.2 Å². The zero-order chi connectivity index (χ0) is 17.2. The van der Waals surface area contributed by atoms with E-state index in [-0.39, 0.29) is 23.2 Å². The van der Waals surface area contributed by atoms with Crippen molar-refractivity contribution >= 4 is 6.09 Å². The summed E-state index contributed by atoms with van der Waals surface area (Å²) in [6.07, 6.45) is 1.70. The van der Waals surface area contributed by atoms with E-state index >= 15 is 0 Å². The topological polar surface area (TPSA) is 65.4 Å². The van der Waals surface area contributed by atoms with Crippen molar-refractivity contribution in [2.75, 3.05) is 6.54 Å². The third kappa shape index (κ3) is 5.84. The van der Waals surface area contributed by atoms with Gasteiger partial charge in [-0.05, 0) is 61.3 Å². The van der Waals surface area contributed by atoms with Crippen molar-refractivity contribution in [2.45, 2.75) is 90.4 Å². The molecule has 1 aliphatic rings. The third-order valence-corrected chi connectivity index (χ3v) is 3.70. The van der Waals surface area contributed by atoms with Crippen LogP contribution in [0.3, 0.4) is 0 Å². The highest BCUT2D eigenvalue weighted by Gasteiger charge is 2.41. The van der Waals surface area contributed by atoms with Gasteiger partial charge in [0, 0.05) is 23.7 Å². The number of nitrogens with zero attached hydrogens (tertiary/aromatic N) is 2. The molecule has 1 rings (SSSR count). The summed E-state index contributed by atoms with van der Waals surface area (Å²) in [5, 5.41) is 12.5. The van der Waals surface area contributed by atoms with Crippen LogP contribution < -0.4 is 5.32 Å². The fourth-order valence-electron chi connectivity index (χ4n) is 3.40. The van der Waals surface area contributed by atoms with Crippen LogP contribution in [-0.4, -0.2) is 40.3 Å². The Morgan fingerprint density at radius 3 is 2.18 bits per heavy atom. The van der Waals surface area contributed by atoms with Crippen molar-refractivity contribution < 1.29 is 9.53 Å². The maximum absolute atomic E-state index is 12.6. The van der Waals surface area contributed by atoms with Gasteiger partial charge in [-0.3, -0.25) is 0 Å². The molecule has 126 valence electrons. The van der Waals surface area contributed by atoms with Gasteiger partial charge in [0.05, 0.1) is 12.5 Å². The van der Waals surface area contributed by atoms with Gasteiger partial charge in [0.25, 0.3) is 0 Å². The lowest BCUT2D eigenvalue weighted by Gasteiger charge is -2.49. The lowest BCUT2D eigenvalue weighted by atomic mass is 9.79. The van der Waals surface area contributed by atoms with Crippen molar-refractivity contribution in [2.24, 2.45) is 0 Å². The van der Waals surface area contributed by atoms with Gasteiger partial charge in [-0.1, -0.05) is 0 Å². The van der Waals surface area contributed by atoms with Gasteiger partial charge in [-0.2, -0.15) is 5.26 Å². The summed E-state index contributed by atoms with van der Waals surface area (Å²) < 4.78 is 5.54. The molecule has 1 aliphatic heterocycles. The largest absolute Gasteiger partial charge is 0.444 e. The Hall–Kier alpha value is -1.28. The third-order valence-electron chi connectivity index (χ3n) is 3.70. The van der Waals surface area contributed by atoms with Crippen LogP contribution in [0.4, 0.5) is 4.79 Å². The highest BCUT2D eigenvalue weighted by molar-refractivity contribution is 5.68. The van der Waals surface area contributed by atoms with Gasteiger partial charge in [-0.15, -0.1) is 0 Å². The first-order chi connectivity index (χ1) is 9.85. The number of hydrogen-bond donors (Lipinski definition) is 1. The van der Waals surface area contributed by atoms with Gasteiger partial charge in [0.1, 0.15) is 5.60 Å². The molecule has 1 fully saturated rings. The summed E-state index contributed by atoms with van der Waals surface area (Å²) in [7, 11) is 0. The fraction of sp³-hybridized carbons (Fsp3) is 0.882. The van der Waals surface area contributed by atoms with E-state index in [0.29, 0.717) is 13.0 Å². The lowest BCUT2D eigenvalue weighted by molar-refractivity contribution is 0.000839. The van der Waals surface area contributed by atoms with Crippen LogP contribution in [-0.2, 0) is 4.74 Å². The van der Waals surface area contributed by atoms with E-state index in [9.17, 15) is 4.79 Å². The molecule has 0 aromatic heterocycles. The van der Waals surface area contributed by atoms with Crippen molar-refractivity contribution in [3.05, 3.63) is 0 Å². The average molecular weight is 309 g/mol. The standard InChI is InChI=1S/C17H31N3O2/c1-15(2,3)22-14(21)20(10-8-9-18)13-11-16(4,5)19-17(6,7)12-13/h13,19H,8,10-12H2,1-7H3. The molecule has 0 spiro atoms. The normalized spacial score (nSPS) is 21.0. The summed E-state index contributed by atoms with van der Waals surface area (Å²) in [6, 6.07) is 2.21. The van der Waals surface area contributed by atoms with E-state index < -0.39 is 5.60 Å². The van der Waals surface area contributed by atoms with E-state index in [4.69, 9.17) is 10.00 Å². The molecule has 0 aromatic rings. The molecule has 0 radical (unpaired) electrons. The highest BCUT2D eigenvalue weighted by atomic mass is 16.6. The lowest BCUT2D eigenvalue weighted by Crippen LogP contribution is -2.63. The molecule has 0 aromatic carbocycles. The highest BCUT2D eigenvalue weighted by Crippen LogP contribution is 2.32. The summed E-state index contributed by atoms with van der Waals surface area (Å²) in [5.74, 6) is 0. The second-order valence-corrected chi connectivity index (χ2v) is 8.54. The number of piperidine rings is 1. The molecule has 5 heteroatoms. The first-order valence-corrected chi connectivity index (χ1v) is 8.01. The van der Waals surface area contributed by atoms with E-state index in [0.717, 1.165) is 12.8 Å². The van der Waals surface area contributed by atoms with Crippen LogP contribution in [0.25, 0.3) is 0 Å². The Morgan fingerprint density at radius 2 is 1.77 bits per heavy atom. The number of hydrogen-bond acceptors (Lipinski definition) is 4. The maximum Gasteiger partial charge on any atom is 0.410 e. The van der Waals surface area contributed by atoms with Gasteiger partial charge in [0.15, 0.2) is 0 Å². The number of carbonyl (C=O) groups excluding carboxylic acids is 1. The molecule has 1 amide bonds. The predicted molar refractivity (Wildman–Crippen MR) is 87.5 cm³/mol. The van der Waals surface area contributed by atoms with Crippen LogP contribution in [0, 0.1) is 11.3 Å². The first-order valence-electron chi connectivity index (χ1n) is 8.01. The van der Waals surface area contributed by atoms with Crippen LogP contribution in [0.15, 0.2) is 0 Å². The summed E-state index contributed by atoms with van der Waals surface area (Å²) in [6.45, 7) is 14.6. The molecule has 1 heterocycles. The van der Waals surface area contributed by atoms with Crippen LogP contribution >= 0.6 is 0 Å². The van der Waals surface area contributed by atoms with E-state index in [1.165, 1.54) is 0 Å². The van der Waals surface area contributed by atoms with E-state index in [2.05, 4.69) is 39.1 Å². The Balaban J connectivity index is 2.95. The van der Waals surface area contributed by atoms with Gasteiger partial charge < -0.3 is 15.0 Å². The Kier molecular flexibility index (Phi) is 5.51. The minimum absolute atomic E-state index is 0.0562. The molecule has 22 heavy (non-hydrogen) atoms. The average Bonchev–Trinajstić information content (AvgIpc) is 2.22. The molecule has 1 saturated heterocycles. The molecular weight excluding hydrogens is 278 g/mol. The van der Waals surface area contributed by atoms with Crippen LogP contribution in [0.1, 0.15) is 67.7 Å². The van der Waals surface area contributed by atoms with Crippen molar-refractivity contribution in [3.63, 3.8) is 0 Å². The van der Waals surface area contributed by atoms with Gasteiger partial charge in [0.2, 0.25) is 0 Å². The van der Waals surface area contributed by atoms with Crippen LogP contribution in [0.5, 0.6) is 0 Å². The monoisotopic (exact) mass is 309 g/mol. The number of rotatable bonds is 3. The summed E-state index contributed by atoms with van der Waals surface area (Å²) in [5.41, 5.74) is -0.640. The molecule has 0 atom stereocenters. The van der Waals surface area contributed by atoms with Crippen molar-refractivity contribution in [3.8, 4) is 6.07 Å². The number of nitriles is 1. The molecule has 0 aliphatic carbocycles. The molecule has 0 saturated carbocycles. The summed E-state index contributed by atoms with van der Waals surface area (Å²) >= 11 is 0. The van der Waals surface area contributed by atoms with Crippen molar-refractivity contribution in [1.29, 1.82) is 5.26 Å². The number of nitrogens with one attached hydrogen (secondary N) is 1. The molecule has 5 nitrogen and oxygen atoms in total. The second kappa shape index (κ2) is 6.45. The number of ether oxygens (including phenoxy) is 1. The van der Waals surface area contributed by atoms with Gasteiger partial charge in [-0.25, -0.2) is 4.79 Å². The Morgan fingerprint density at radius 1 is 1.27 bits per heavy atom. The van der Waals surface area contributed by atoms with Crippen LogP contribution in [0.2, 0.25) is 0 Å². The van der Waals surface area contributed by atoms with Gasteiger partial charge >= 0.3 is 6.09 Å². The molecule has 0 unspecified atom stereocenters. The molecule has 0 bridgehead atoms. The SMILES string of the molecule is CC1(C)CC(N(CCC#N)C(=O)OC(C)(C)C)CC(C)(C)N1. The second-order valence-electron chi connectivity index (χ2n) is 8.54. The Bertz CT molecular complexity index is 428. The molecule has 1 N–H and O–H groups in total. The summed E-state index contributed by atoms with van der Waals surface area (Å²) in [4.78, 5) is 14.3. The predicted octanol–water partition coefficient (Wildman–Crippen LogP) is 3.45. The number of carbonyl (C=O) groups is 1.